The summed E-state index contributed by atoms with van der Waals surface area (Å²) in [5.41, 5.74) is 0. The Kier molecular flexibility index (Phi) is 3.40. The molecule has 1 N–H and O–H groups in total. The Morgan fingerprint density at radius 3 is 2.69 bits per heavy atom. The van der Waals surface area contributed by atoms with Crippen LogP contribution in [0.25, 0.3) is 0 Å². The highest BCUT2D eigenvalue weighted by Crippen LogP contribution is 2.04. The Labute approximate surface area is 94.5 Å². The summed E-state index contributed by atoms with van der Waals surface area (Å²) in [6.07, 6.45) is 0. The van der Waals surface area contributed by atoms with Gasteiger partial charge in [-0.05, 0) is 7.05 Å². The zero-order valence-electron chi connectivity index (χ0n) is 9.44. The molecule has 2 saturated heterocycles. The molecule has 16 heavy (non-hydrogen) atoms. The van der Waals surface area contributed by atoms with Gasteiger partial charge in [0, 0.05) is 26.2 Å². The van der Waals surface area contributed by atoms with Gasteiger partial charge in [-0.25, -0.2) is 0 Å². The molecule has 2 aliphatic heterocycles. The quantitative estimate of drug-likeness (QED) is 0.578. The summed E-state index contributed by atoms with van der Waals surface area (Å²) in [6, 6.07) is -0.496. The van der Waals surface area contributed by atoms with Gasteiger partial charge in [-0.3, -0.25) is 9.59 Å². The average Bonchev–Trinajstić information content (AvgIpc) is 2.29. The fourth-order valence-corrected chi connectivity index (χ4v) is 1.93. The number of likely N-dealkylation sites (N-methyl/N-ethyl adjacent to an activating group) is 1. The molecule has 6 nitrogen and oxygen atoms in total. The number of rotatable bonds is 1. The number of nitrogens with one attached hydrogen (secondary N) is 1. The molecule has 0 spiro atoms. The summed E-state index contributed by atoms with van der Waals surface area (Å²) in [7, 11) is 2.04. The number of hydrogen-bond donors (Lipinski definition) is 1. The highest BCUT2D eigenvalue weighted by atomic mass is 16.5. The van der Waals surface area contributed by atoms with Gasteiger partial charge in [-0.15, -0.1) is 0 Å². The van der Waals surface area contributed by atoms with E-state index in [-0.39, 0.29) is 25.0 Å². The fraction of sp³-hybridized carbons (Fsp3) is 0.800. The molecule has 1 atom stereocenters. The number of morpholine rings is 1. The van der Waals surface area contributed by atoms with Crippen LogP contribution in [0, 0.1) is 0 Å². The number of ether oxygens (including phenoxy) is 1. The molecular formula is C10H17N3O3. The first-order valence-corrected chi connectivity index (χ1v) is 5.51. The van der Waals surface area contributed by atoms with Crippen molar-refractivity contribution in [3.8, 4) is 0 Å². The van der Waals surface area contributed by atoms with Crippen LogP contribution < -0.4 is 5.32 Å². The fourth-order valence-electron chi connectivity index (χ4n) is 1.93. The smallest absolute Gasteiger partial charge is 0.247 e. The van der Waals surface area contributed by atoms with E-state index in [1.807, 2.05) is 7.05 Å². The van der Waals surface area contributed by atoms with Crippen LogP contribution in [-0.2, 0) is 14.3 Å². The van der Waals surface area contributed by atoms with Crippen LogP contribution in [0.1, 0.15) is 0 Å². The SMILES string of the molecule is CN1CCN(C(=O)C2COCC(=O)N2)CC1. The Morgan fingerprint density at radius 2 is 2.06 bits per heavy atom. The van der Waals surface area contributed by atoms with Gasteiger partial charge < -0.3 is 19.9 Å². The first-order chi connectivity index (χ1) is 7.66. The molecule has 2 aliphatic rings. The molecule has 0 aliphatic carbocycles. The number of hydrogen-bond acceptors (Lipinski definition) is 4. The third-order valence-corrected chi connectivity index (χ3v) is 2.97. The molecule has 0 radical (unpaired) electrons. The Bertz CT molecular complexity index is 287. The summed E-state index contributed by atoms with van der Waals surface area (Å²) < 4.78 is 5.06. The minimum atomic E-state index is -0.496. The summed E-state index contributed by atoms with van der Waals surface area (Å²) in [4.78, 5) is 27.1. The third-order valence-electron chi connectivity index (χ3n) is 2.97. The lowest BCUT2D eigenvalue weighted by molar-refractivity contribution is -0.145. The van der Waals surface area contributed by atoms with Crippen molar-refractivity contribution in [2.75, 3.05) is 46.4 Å². The number of piperazine rings is 1. The van der Waals surface area contributed by atoms with Crippen molar-refractivity contribution < 1.29 is 14.3 Å². The van der Waals surface area contributed by atoms with Crippen molar-refractivity contribution in [3.05, 3.63) is 0 Å². The lowest BCUT2D eigenvalue weighted by atomic mass is 10.2. The molecule has 2 fully saturated rings. The van der Waals surface area contributed by atoms with Gasteiger partial charge in [0.05, 0.1) is 6.61 Å². The predicted octanol–water partition coefficient (Wildman–Crippen LogP) is -1.72. The molecule has 0 aromatic rings. The molecule has 1 unspecified atom stereocenters. The number of carbonyl (C=O) groups is 2. The highest BCUT2D eigenvalue weighted by Gasteiger charge is 2.30. The summed E-state index contributed by atoms with van der Waals surface area (Å²) in [5.74, 6) is -0.236. The topological polar surface area (TPSA) is 61.9 Å². The Balaban J connectivity index is 1.89. The van der Waals surface area contributed by atoms with Crippen molar-refractivity contribution in [1.29, 1.82) is 0 Å². The van der Waals surface area contributed by atoms with Crippen LogP contribution in [0.4, 0.5) is 0 Å². The zero-order chi connectivity index (χ0) is 11.5. The third kappa shape index (κ3) is 2.51. The number of carbonyl (C=O) groups excluding carboxylic acids is 2. The minimum absolute atomic E-state index is 0.0267. The van der Waals surface area contributed by atoms with Crippen molar-refractivity contribution >= 4 is 11.8 Å². The largest absolute Gasteiger partial charge is 0.369 e. The highest BCUT2D eigenvalue weighted by molar-refractivity contribution is 5.89. The second-order valence-corrected chi connectivity index (χ2v) is 4.26. The van der Waals surface area contributed by atoms with Crippen molar-refractivity contribution in [2.45, 2.75) is 6.04 Å². The number of amides is 2. The van der Waals surface area contributed by atoms with E-state index in [0.717, 1.165) is 26.2 Å². The molecule has 2 amide bonds. The van der Waals surface area contributed by atoms with Gasteiger partial charge in [0.25, 0.3) is 0 Å². The zero-order valence-corrected chi connectivity index (χ0v) is 9.44. The summed E-state index contributed by atoms with van der Waals surface area (Å²) in [5, 5.41) is 2.66. The van der Waals surface area contributed by atoms with E-state index in [9.17, 15) is 9.59 Å². The van der Waals surface area contributed by atoms with E-state index in [2.05, 4.69) is 10.2 Å². The van der Waals surface area contributed by atoms with Gasteiger partial charge in [-0.1, -0.05) is 0 Å². The van der Waals surface area contributed by atoms with Crippen LogP contribution in [-0.4, -0.2) is 74.1 Å². The van der Waals surface area contributed by atoms with Gasteiger partial charge in [0.15, 0.2) is 0 Å². The van der Waals surface area contributed by atoms with Gasteiger partial charge in [-0.2, -0.15) is 0 Å². The van der Waals surface area contributed by atoms with E-state index in [1.54, 1.807) is 4.90 Å². The molecule has 2 heterocycles. The van der Waals surface area contributed by atoms with Crippen molar-refractivity contribution in [3.63, 3.8) is 0 Å². The van der Waals surface area contributed by atoms with E-state index in [1.165, 1.54) is 0 Å². The second kappa shape index (κ2) is 4.80. The van der Waals surface area contributed by atoms with Crippen LogP contribution in [0.2, 0.25) is 0 Å². The maximum absolute atomic E-state index is 12.0. The first kappa shape index (κ1) is 11.3. The molecule has 0 aromatic carbocycles. The molecular weight excluding hydrogens is 210 g/mol. The number of nitrogens with zero attached hydrogens (tertiary/aromatic N) is 2. The Morgan fingerprint density at radius 1 is 1.38 bits per heavy atom. The van der Waals surface area contributed by atoms with Gasteiger partial charge >= 0.3 is 0 Å². The maximum atomic E-state index is 12.0. The molecule has 0 aromatic heterocycles. The summed E-state index contributed by atoms with van der Waals surface area (Å²) in [6.45, 7) is 3.56. The first-order valence-electron chi connectivity index (χ1n) is 5.51. The van der Waals surface area contributed by atoms with Crippen LogP contribution in [0.15, 0.2) is 0 Å². The van der Waals surface area contributed by atoms with Crippen LogP contribution >= 0.6 is 0 Å². The lowest BCUT2D eigenvalue weighted by Gasteiger charge is -2.35. The predicted molar refractivity (Wildman–Crippen MR) is 56.8 cm³/mol. The molecule has 0 bridgehead atoms. The minimum Gasteiger partial charge on any atom is -0.369 e. The summed E-state index contributed by atoms with van der Waals surface area (Å²) >= 11 is 0. The van der Waals surface area contributed by atoms with E-state index >= 15 is 0 Å². The average molecular weight is 227 g/mol. The van der Waals surface area contributed by atoms with Gasteiger partial charge in [0.2, 0.25) is 11.8 Å². The van der Waals surface area contributed by atoms with Gasteiger partial charge in [0.1, 0.15) is 12.6 Å². The van der Waals surface area contributed by atoms with E-state index < -0.39 is 6.04 Å². The van der Waals surface area contributed by atoms with E-state index in [0.29, 0.717) is 0 Å². The molecule has 90 valence electrons. The second-order valence-electron chi connectivity index (χ2n) is 4.26. The standard InChI is InChI=1S/C10H17N3O3/c1-12-2-4-13(5-3-12)10(15)8-6-16-7-9(14)11-8/h8H,2-7H2,1H3,(H,11,14). The van der Waals surface area contributed by atoms with Crippen LogP contribution in [0.3, 0.4) is 0 Å². The monoisotopic (exact) mass is 227 g/mol. The van der Waals surface area contributed by atoms with Crippen molar-refractivity contribution in [1.82, 2.24) is 15.1 Å². The lowest BCUT2D eigenvalue weighted by Crippen LogP contribution is -2.58. The Hall–Kier alpha value is -1.14. The molecule has 2 rings (SSSR count). The van der Waals surface area contributed by atoms with Crippen molar-refractivity contribution in [2.24, 2.45) is 0 Å². The maximum Gasteiger partial charge on any atom is 0.247 e. The normalized spacial score (nSPS) is 27.7. The molecule has 0 saturated carbocycles. The van der Waals surface area contributed by atoms with Crippen LogP contribution in [0.5, 0.6) is 0 Å². The molecule has 6 heteroatoms. The van der Waals surface area contributed by atoms with E-state index in [4.69, 9.17) is 4.74 Å².